The van der Waals surface area contributed by atoms with Gasteiger partial charge in [-0.25, -0.2) is 0 Å². The predicted octanol–water partition coefficient (Wildman–Crippen LogP) is 3.79. The summed E-state index contributed by atoms with van der Waals surface area (Å²) in [7, 11) is -4.51. The second-order valence-corrected chi connectivity index (χ2v) is 8.92. The fraction of sp³-hybridized carbons (Fsp3) is 0.900. The molecule has 0 radical (unpaired) electrons. The Morgan fingerprint density at radius 1 is 0.767 bits per heavy atom. The molecule has 7 nitrogen and oxygen atoms in total. The van der Waals surface area contributed by atoms with Gasteiger partial charge in [0.05, 0.1) is 12.8 Å². The average molecular weight is 471 g/mol. The quantitative estimate of drug-likeness (QED) is 0.128. The van der Waals surface area contributed by atoms with E-state index in [0.29, 0.717) is 6.42 Å². The van der Waals surface area contributed by atoms with Crippen LogP contribution < -0.4 is 0 Å². The van der Waals surface area contributed by atoms with Crippen molar-refractivity contribution in [1.82, 2.24) is 0 Å². The summed E-state index contributed by atoms with van der Waals surface area (Å²) < 4.78 is 36.5. The van der Waals surface area contributed by atoms with Gasteiger partial charge in [-0.15, -0.1) is 0 Å². The molecule has 0 bridgehead atoms. The van der Waals surface area contributed by atoms with Crippen LogP contribution in [0.4, 0.5) is 0 Å². The summed E-state index contributed by atoms with van der Waals surface area (Å²) in [6.07, 6.45) is 14.1. The molecule has 1 atom stereocenters. The number of ether oxygens (including phenoxy) is 1. The van der Waals surface area contributed by atoms with Crippen molar-refractivity contribution in [3.8, 4) is 0 Å². The van der Waals surface area contributed by atoms with Crippen LogP contribution in [0.25, 0.3) is 0 Å². The average Bonchev–Trinajstić information content (AvgIpc) is 2.62. The van der Waals surface area contributed by atoms with Crippen molar-refractivity contribution in [2.75, 3.05) is 0 Å². The molecule has 0 rings (SSSR count). The van der Waals surface area contributed by atoms with E-state index in [2.05, 4.69) is 6.92 Å². The first-order valence-corrected chi connectivity index (χ1v) is 12.1. The summed E-state index contributed by atoms with van der Waals surface area (Å²) in [5.74, 6) is -2.10. The fourth-order valence-electron chi connectivity index (χ4n) is 3.01. The number of carboxylic acid groups (broad SMARTS) is 1. The second-order valence-electron chi connectivity index (χ2n) is 7.36. The molecule has 0 aromatic rings. The Morgan fingerprint density at radius 2 is 1.17 bits per heavy atom. The number of esters is 1. The van der Waals surface area contributed by atoms with Crippen molar-refractivity contribution in [1.29, 1.82) is 0 Å². The van der Waals surface area contributed by atoms with E-state index in [1.54, 1.807) is 0 Å². The Bertz CT molecular complexity index is 527. The van der Waals surface area contributed by atoms with Gasteiger partial charge < -0.3 is 9.84 Å². The van der Waals surface area contributed by atoms with Crippen molar-refractivity contribution in [2.24, 2.45) is 0 Å². The Hall–Kier alpha value is 0.850. The van der Waals surface area contributed by atoms with E-state index in [0.717, 1.165) is 19.3 Å². The number of carbonyl (C=O) groups is 2. The Labute approximate surface area is 226 Å². The Kier molecular flexibility index (Phi) is 27.2. The van der Waals surface area contributed by atoms with Gasteiger partial charge in [-0.1, -0.05) is 84.0 Å². The molecule has 0 spiro atoms. The summed E-state index contributed by atoms with van der Waals surface area (Å²) in [4.78, 5) is 21.9. The molecule has 0 heterocycles. The van der Waals surface area contributed by atoms with Crippen LogP contribution in [0.2, 0.25) is 0 Å². The molecular weight excluding hydrogens is 430 g/mol. The molecule has 0 aliphatic rings. The first kappa shape index (κ1) is 35.4. The number of hydrogen-bond acceptors (Lipinski definition) is 5. The number of carboxylic acids is 1. The molecule has 1 unspecified atom stereocenters. The van der Waals surface area contributed by atoms with Gasteiger partial charge in [0.1, 0.15) is 0 Å². The third kappa shape index (κ3) is 23.5. The molecule has 10 heteroatoms. The van der Waals surface area contributed by atoms with Gasteiger partial charge >= 0.3 is 81.2 Å². The Morgan fingerprint density at radius 3 is 1.53 bits per heavy atom. The molecule has 0 saturated carbocycles. The van der Waals surface area contributed by atoms with E-state index in [1.165, 1.54) is 57.8 Å². The summed E-state index contributed by atoms with van der Waals surface area (Å²) in [6, 6.07) is 0. The third-order valence-corrected chi connectivity index (χ3v) is 5.68. The topological polar surface area (TPSA) is 118 Å². The SMILES string of the molecule is CCCCCCCCCCCCCCCC(OC(=O)CCC(=O)O)S(=O)(=O)O.[NaH].[NaH]. The molecule has 0 aliphatic carbocycles. The van der Waals surface area contributed by atoms with E-state index >= 15 is 0 Å². The van der Waals surface area contributed by atoms with Crippen LogP contribution >= 0.6 is 0 Å². The molecule has 30 heavy (non-hydrogen) atoms. The first-order valence-electron chi connectivity index (χ1n) is 10.6. The van der Waals surface area contributed by atoms with Crippen LogP contribution in [-0.2, 0) is 24.4 Å². The molecule has 0 amide bonds. The van der Waals surface area contributed by atoms with Crippen LogP contribution in [0.1, 0.15) is 110 Å². The number of hydrogen-bond donors (Lipinski definition) is 2. The van der Waals surface area contributed by atoms with Gasteiger partial charge in [0, 0.05) is 6.42 Å². The van der Waals surface area contributed by atoms with Gasteiger partial charge in [-0.3, -0.25) is 14.1 Å². The van der Waals surface area contributed by atoms with Gasteiger partial charge in [0.25, 0.3) is 0 Å². The first-order chi connectivity index (χ1) is 13.3. The fourth-order valence-corrected chi connectivity index (χ4v) is 3.71. The van der Waals surface area contributed by atoms with Gasteiger partial charge in [-0.05, 0) is 6.42 Å². The molecule has 0 aliphatic heterocycles. The third-order valence-electron chi connectivity index (χ3n) is 4.68. The molecule has 170 valence electrons. The maximum atomic E-state index is 11.5. The molecular formula is C20H40Na2O7S. The number of rotatable bonds is 19. The van der Waals surface area contributed by atoms with E-state index in [1.807, 2.05) is 0 Å². The number of unbranched alkanes of at least 4 members (excludes halogenated alkanes) is 12. The number of aliphatic carboxylic acids is 1. The summed E-state index contributed by atoms with van der Waals surface area (Å²) in [6.45, 7) is 2.22. The minimum absolute atomic E-state index is 0. The standard InChI is InChI=1S/C20H38O7S.2Na.2H/c1-2-3-4-5-6-7-8-9-10-11-12-13-14-15-20(28(24,25)26)27-19(23)17-16-18(21)22;;;;/h20H,2-17H2,1H3,(H,21,22)(H,24,25,26);;;;. The van der Waals surface area contributed by atoms with Crippen LogP contribution in [0.15, 0.2) is 0 Å². The molecule has 0 aromatic carbocycles. The van der Waals surface area contributed by atoms with Gasteiger partial charge in [0.2, 0.25) is 5.44 Å². The number of carbonyl (C=O) groups excluding carboxylic acids is 1. The van der Waals surface area contributed by atoms with E-state index in [4.69, 9.17) is 9.84 Å². The normalized spacial score (nSPS) is 11.8. The van der Waals surface area contributed by atoms with Crippen molar-refractivity contribution < 1.29 is 32.4 Å². The van der Waals surface area contributed by atoms with E-state index < -0.39 is 40.3 Å². The van der Waals surface area contributed by atoms with Crippen molar-refractivity contribution in [2.45, 2.75) is 115 Å². The zero-order valence-electron chi connectivity index (χ0n) is 17.2. The predicted molar refractivity (Wildman–Crippen MR) is 123 cm³/mol. The second kappa shape index (κ2) is 23.0. The van der Waals surface area contributed by atoms with E-state index in [-0.39, 0.29) is 65.5 Å². The maximum absolute atomic E-state index is 11.5. The van der Waals surface area contributed by atoms with Crippen LogP contribution in [-0.4, -0.2) is 94.6 Å². The zero-order chi connectivity index (χ0) is 21.3. The Balaban J connectivity index is -0.00000364. The van der Waals surface area contributed by atoms with Crippen molar-refractivity contribution >= 4 is 81.2 Å². The minimum atomic E-state index is -4.51. The molecule has 0 aromatic heterocycles. The van der Waals surface area contributed by atoms with Gasteiger partial charge in [0.15, 0.2) is 0 Å². The summed E-state index contributed by atoms with van der Waals surface area (Å²) in [5, 5.41) is 8.52. The van der Waals surface area contributed by atoms with Crippen LogP contribution in [0, 0.1) is 0 Å². The van der Waals surface area contributed by atoms with E-state index in [9.17, 15) is 22.6 Å². The summed E-state index contributed by atoms with van der Waals surface area (Å²) in [5.41, 5.74) is -1.61. The monoisotopic (exact) mass is 470 g/mol. The van der Waals surface area contributed by atoms with Crippen molar-refractivity contribution in [3.63, 3.8) is 0 Å². The van der Waals surface area contributed by atoms with Crippen LogP contribution in [0.5, 0.6) is 0 Å². The zero-order valence-corrected chi connectivity index (χ0v) is 18.1. The van der Waals surface area contributed by atoms with Crippen LogP contribution in [0.3, 0.4) is 0 Å². The van der Waals surface area contributed by atoms with Crippen molar-refractivity contribution in [3.05, 3.63) is 0 Å². The molecule has 2 N–H and O–H groups in total. The molecule has 0 fully saturated rings. The molecule has 0 saturated heterocycles. The van der Waals surface area contributed by atoms with Gasteiger partial charge in [-0.2, -0.15) is 8.42 Å². The summed E-state index contributed by atoms with van der Waals surface area (Å²) >= 11 is 0.